The van der Waals surface area contributed by atoms with Gasteiger partial charge in [0, 0.05) is 53.6 Å². The summed E-state index contributed by atoms with van der Waals surface area (Å²) in [6.45, 7) is 8.46. The number of hydrogen-bond acceptors (Lipinski definition) is 10. The summed E-state index contributed by atoms with van der Waals surface area (Å²) in [5.41, 5.74) is 3.63. The molecule has 3 aliphatic heterocycles. The van der Waals surface area contributed by atoms with E-state index in [4.69, 9.17) is 42.1 Å². The van der Waals surface area contributed by atoms with Crippen molar-refractivity contribution in [3.05, 3.63) is 112 Å². The zero-order chi connectivity index (χ0) is 35.7. The molecule has 5 heterocycles. The molecule has 0 aliphatic carbocycles. The van der Waals surface area contributed by atoms with Gasteiger partial charge in [0.05, 0.1) is 37.1 Å². The summed E-state index contributed by atoms with van der Waals surface area (Å²) in [7, 11) is 0. The Bertz CT molecular complexity index is 2020. The summed E-state index contributed by atoms with van der Waals surface area (Å²) in [4.78, 5) is 21.9. The minimum Gasteiger partial charge on any atom is -0.491 e. The van der Waals surface area contributed by atoms with Crippen LogP contribution in [0.15, 0.2) is 90.5 Å². The molecule has 52 heavy (non-hydrogen) atoms. The highest BCUT2D eigenvalue weighted by Crippen LogP contribution is 2.40. The van der Waals surface area contributed by atoms with Crippen LogP contribution in [0.3, 0.4) is 0 Å². The van der Waals surface area contributed by atoms with Gasteiger partial charge in [0.15, 0.2) is 0 Å². The predicted octanol–water partition coefficient (Wildman–Crippen LogP) is 5.03. The first-order valence-electron chi connectivity index (χ1n) is 17.5. The zero-order valence-electron chi connectivity index (χ0n) is 28.8. The molecule has 0 saturated carbocycles. The van der Waals surface area contributed by atoms with Gasteiger partial charge in [0.25, 0.3) is 0 Å². The summed E-state index contributed by atoms with van der Waals surface area (Å²) in [6, 6.07) is 21.5. The molecule has 2 aromatic heterocycles. The Morgan fingerprint density at radius 1 is 0.865 bits per heavy atom. The summed E-state index contributed by atoms with van der Waals surface area (Å²) in [5, 5.41) is 9.60. The predicted molar refractivity (Wildman–Crippen MR) is 197 cm³/mol. The fourth-order valence-electron chi connectivity index (χ4n) is 7.01. The third-order valence-corrected chi connectivity index (χ3v) is 10.8. The molecule has 0 spiro atoms. The average molecular weight is 748 g/mol. The minimum absolute atomic E-state index is 0.00954. The second kappa shape index (κ2) is 14.6. The Balaban J connectivity index is 0.838. The fraction of sp³-hybridized carbons (Fsp3) is 0.405. The highest BCUT2D eigenvalue weighted by molar-refractivity contribution is 6.35. The van der Waals surface area contributed by atoms with Gasteiger partial charge >= 0.3 is 5.69 Å². The Morgan fingerprint density at radius 2 is 1.56 bits per heavy atom. The number of ether oxygens (including phenoxy) is 4. The van der Waals surface area contributed by atoms with Crippen molar-refractivity contribution in [2.45, 2.75) is 38.3 Å². The van der Waals surface area contributed by atoms with E-state index in [2.05, 4.69) is 56.2 Å². The van der Waals surface area contributed by atoms with E-state index in [1.54, 1.807) is 38.7 Å². The van der Waals surface area contributed by atoms with Crippen LogP contribution < -0.4 is 20.2 Å². The lowest BCUT2D eigenvalue weighted by atomic mass is 9.83. The lowest BCUT2D eigenvalue weighted by Crippen LogP contribution is -2.47. The quantitative estimate of drug-likeness (QED) is 0.172. The van der Waals surface area contributed by atoms with Gasteiger partial charge in [-0.3, -0.25) is 0 Å². The molecular formula is C37H40Cl2N8O5. The Labute approximate surface area is 311 Å². The van der Waals surface area contributed by atoms with Crippen molar-refractivity contribution < 1.29 is 18.9 Å². The number of nitrogens with zero attached hydrogens (tertiary/aromatic N) is 8. The van der Waals surface area contributed by atoms with Gasteiger partial charge in [-0.2, -0.15) is 10.2 Å². The van der Waals surface area contributed by atoms with Gasteiger partial charge in [-0.15, -0.1) is 0 Å². The molecule has 3 fully saturated rings. The molecule has 8 rings (SSSR count). The number of rotatable bonds is 12. The number of anilines is 2. The van der Waals surface area contributed by atoms with Crippen LogP contribution in [0.25, 0.3) is 5.69 Å². The van der Waals surface area contributed by atoms with Crippen LogP contribution in [0.5, 0.6) is 5.75 Å². The highest BCUT2D eigenvalue weighted by atomic mass is 35.5. The Morgan fingerprint density at radius 3 is 2.17 bits per heavy atom. The van der Waals surface area contributed by atoms with Crippen LogP contribution in [0.2, 0.25) is 10.0 Å². The van der Waals surface area contributed by atoms with Crippen molar-refractivity contribution in [1.29, 1.82) is 0 Å². The zero-order valence-corrected chi connectivity index (χ0v) is 30.3. The molecule has 272 valence electrons. The van der Waals surface area contributed by atoms with Crippen LogP contribution >= 0.6 is 23.2 Å². The van der Waals surface area contributed by atoms with Gasteiger partial charge in [-0.1, -0.05) is 36.2 Å². The first kappa shape index (κ1) is 34.7. The van der Waals surface area contributed by atoms with Crippen molar-refractivity contribution >= 4 is 34.6 Å². The van der Waals surface area contributed by atoms with Gasteiger partial charge in [0.2, 0.25) is 5.79 Å². The topological polar surface area (TPSA) is 114 Å². The lowest BCUT2D eigenvalue weighted by Gasteiger charge is -2.40. The van der Waals surface area contributed by atoms with Crippen LogP contribution in [0.1, 0.15) is 18.9 Å². The molecule has 0 unspecified atom stereocenters. The molecular weight excluding hydrogens is 707 g/mol. The number of hydrogen-bond donors (Lipinski definition) is 0. The summed E-state index contributed by atoms with van der Waals surface area (Å²) in [5.74, 6) is -0.416. The standard InChI is InChI=1S/C37H40Cl2N8O5/c1-2-36(22-49-23-36)20-47-35(48)46(26-42-47)30-6-4-28(5-7-30)43-13-15-44(16-14-43)29-8-10-31(11-9-29)50-18-32-19-51-37(52-32,21-45-25-40-24-41-45)33-12-3-27(38)17-34(33)39/h3-12,17,24-26,32H,2,13-16,18-23H2,1H3/t32-,37-/m1/s1. The maximum Gasteiger partial charge on any atom is 0.350 e. The summed E-state index contributed by atoms with van der Waals surface area (Å²) < 4.78 is 29.1. The SMILES string of the molecule is CCC1(Cn2ncn(-c3ccc(N4CCN(c5ccc(OC[C@@H]6CO[C@@](Cn7cncn7)(c7ccc(Cl)cc7Cl)O6)cc5)CC4)cc3)c2=O)COC1. The van der Waals surface area contributed by atoms with Crippen LogP contribution in [-0.2, 0) is 33.1 Å². The van der Waals surface area contributed by atoms with Crippen molar-refractivity contribution in [3.63, 3.8) is 0 Å². The van der Waals surface area contributed by atoms with E-state index < -0.39 is 5.79 Å². The monoisotopic (exact) mass is 746 g/mol. The second-order valence-corrected chi connectivity index (χ2v) is 14.4. The number of piperazine rings is 1. The fourth-order valence-corrected chi connectivity index (χ4v) is 7.56. The molecule has 3 saturated heterocycles. The smallest absolute Gasteiger partial charge is 0.350 e. The van der Waals surface area contributed by atoms with Crippen molar-refractivity contribution in [2.75, 3.05) is 62.4 Å². The van der Waals surface area contributed by atoms with E-state index in [-0.39, 0.29) is 23.8 Å². The molecule has 3 aromatic carbocycles. The minimum atomic E-state index is -1.16. The highest BCUT2D eigenvalue weighted by Gasteiger charge is 2.46. The molecule has 5 aromatic rings. The van der Waals surface area contributed by atoms with Crippen molar-refractivity contribution in [3.8, 4) is 11.4 Å². The Kier molecular flexibility index (Phi) is 9.70. The average Bonchev–Trinajstić information content (AvgIpc) is 3.90. The molecule has 0 N–H and O–H groups in total. The van der Waals surface area contributed by atoms with E-state index in [1.165, 1.54) is 6.33 Å². The molecule has 13 nitrogen and oxygen atoms in total. The maximum atomic E-state index is 13.1. The van der Waals surface area contributed by atoms with Crippen molar-refractivity contribution in [1.82, 2.24) is 29.1 Å². The van der Waals surface area contributed by atoms with E-state index in [9.17, 15) is 4.79 Å². The summed E-state index contributed by atoms with van der Waals surface area (Å²) >= 11 is 12.8. The number of halogens is 2. The molecule has 3 aliphatic rings. The van der Waals surface area contributed by atoms with Gasteiger partial charge in [0.1, 0.15) is 44.0 Å². The molecule has 15 heteroatoms. The van der Waals surface area contributed by atoms with Crippen LogP contribution in [0.4, 0.5) is 11.4 Å². The number of benzene rings is 3. The third kappa shape index (κ3) is 7.03. The van der Waals surface area contributed by atoms with Crippen LogP contribution in [0, 0.1) is 5.41 Å². The largest absolute Gasteiger partial charge is 0.491 e. The first-order valence-corrected chi connectivity index (χ1v) is 18.2. The van der Waals surface area contributed by atoms with Crippen LogP contribution in [-0.4, -0.2) is 87.8 Å². The second-order valence-electron chi connectivity index (χ2n) is 13.6. The van der Waals surface area contributed by atoms with E-state index in [0.717, 1.165) is 55.4 Å². The van der Waals surface area contributed by atoms with E-state index in [1.807, 2.05) is 30.3 Å². The van der Waals surface area contributed by atoms with Gasteiger partial charge in [-0.25, -0.2) is 23.7 Å². The maximum absolute atomic E-state index is 13.1. The lowest BCUT2D eigenvalue weighted by molar-refractivity contribution is -0.190. The molecule has 0 amide bonds. The van der Waals surface area contributed by atoms with Gasteiger partial charge < -0.3 is 28.7 Å². The molecule has 0 radical (unpaired) electrons. The summed E-state index contributed by atoms with van der Waals surface area (Å²) in [6.07, 6.45) is 5.30. The normalized spacial score (nSPS) is 21.3. The first-order chi connectivity index (χ1) is 25.3. The number of aromatic nitrogens is 6. The van der Waals surface area contributed by atoms with E-state index >= 15 is 0 Å². The molecule has 2 atom stereocenters. The molecule has 0 bridgehead atoms. The van der Waals surface area contributed by atoms with Gasteiger partial charge in [-0.05, 0) is 67.1 Å². The third-order valence-electron chi connectivity index (χ3n) is 10.2. The van der Waals surface area contributed by atoms with Crippen molar-refractivity contribution in [2.24, 2.45) is 5.41 Å². The Hall–Kier alpha value is -4.40. The van der Waals surface area contributed by atoms with E-state index in [0.29, 0.717) is 48.6 Å².